The van der Waals surface area contributed by atoms with Crippen molar-refractivity contribution in [3.63, 3.8) is 0 Å². The van der Waals surface area contributed by atoms with Crippen LogP contribution in [-0.4, -0.2) is 45.3 Å². The number of aromatic amines is 1. The Bertz CT molecular complexity index is 829. The molecule has 3 heterocycles. The number of aromatic nitrogens is 2. The molecule has 0 aromatic carbocycles. The molecule has 26 heavy (non-hydrogen) atoms. The highest BCUT2D eigenvalue weighted by molar-refractivity contribution is 6.04. The average molecular weight is 359 g/mol. The Hall–Kier alpha value is -2.71. The van der Waals surface area contributed by atoms with Gasteiger partial charge in [-0.25, -0.2) is 9.78 Å². The van der Waals surface area contributed by atoms with E-state index in [0.29, 0.717) is 42.5 Å². The van der Waals surface area contributed by atoms with E-state index < -0.39 is 18.0 Å². The molecule has 2 fully saturated rings. The molecule has 0 unspecified atom stereocenters. The number of imide groups is 1. The summed E-state index contributed by atoms with van der Waals surface area (Å²) in [4.78, 5) is 56.5. The number of nitrogens with zero attached hydrogens (tertiary/aromatic N) is 2. The third-order valence-electron chi connectivity index (χ3n) is 5.16. The molecule has 3 N–H and O–H groups in total. The van der Waals surface area contributed by atoms with Gasteiger partial charge in [-0.15, -0.1) is 0 Å². The first-order valence-corrected chi connectivity index (χ1v) is 8.99. The minimum absolute atomic E-state index is 0.0944. The summed E-state index contributed by atoms with van der Waals surface area (Å²) in [6, 6.07) is -1.18. The van der Waals surface area contributed by atoms with Crippen molar-refractivity contribution in [2.75, 3.05) is 6.54 Å². The number of urea groups is 1. The second-order valence-corrected chi connectivity index (χ2v) is 7.20. The summed E-state index contributed by atoms with van der Waals surface area (Å²) in [5.74, 6) is 0.821. The van der Waals surface area contributed by atoms with E-state index in [0.717, 1.165) is 6.42 Å². The Morgan fingerprint density at radius 3 is 2.73 bits per heavy atom. The molecule has 4 amide bonds. The van der Waals surface area contributed by atoms with Crippen LogP contribution in [0.4, 0.5) is 4.79 Å². The molecular formula is C17H21N5O4. The van der Waals surface area contributed by atoms with E-state index in [9.17, 15) is 19.2 Å². The van der Waals surface area contributed by atoms with Gasteiger partial charge in [0.05, 0.1) is 12.2 Å². The number of H-pyrrole nitrogens is 1. The zero-order chi connectivity index (χ0) is 18.3. The van der Waals surface area contributed by atoms with Crippen molar-refractivity contribution in [2.24, 2.45) is 5.92 Å². The summed E-state index contributed by atoms with van der Waals surface area (Å²) in [7, 11) is 0. The third-order valence-corrected chi connectivity index (χ3v) is 5.16. The van der Waals surface area contributed by atoms with E-state index in [2.05, 4.69) is 20.6 Å². The normalized spacial score (nSPS) is 22.0. The second kappa shape index (κ2) is 6.54. The molecule has 1 saturated carbocycles. The van der Waals surface area contributed by atoms with Crippen LogP contribution in [-0.2, 0) is 29.0 Å². The van der Waals surface area contributed by atoms with Gasteiger partial charge in [-0.3, -0.25) is 19.7 Å². The van der Waals surface area contributed by atoms with Crippen molar-refractivity contribution in [1.29, 1.82) is 0 Å². The maximum atomic E-state index is 12.5. The van der Waals surface area contributed by atoms with Gasteiger partial charge < -0.3 is 15.2 Å². The molecular weight excluding hydrogens is 338 g/mol. The van der Waals surface area contributed by atoms with Crippen molar-refractivity contribution in [3.05, 3.63) is 27.4 Å². The molecule has 0 spiro atoms. The fraction of sp³-hybridized carbons (Fsp3) is 0.588. The highest BCUT2D eigenvalue weighted by atomic mass is 16.2. The highest BCUT2D eigenvalue weighted by Crippen LogP contribution is 2.31. The maximum absolute atomic E-state index is 12.5. The fourth-order valence-corrected chi connectivity index (χ4v) is 3.48. The topological polar surface area (TPSA) is 124 Å². The van der Waals surface area contributed by atoms with Crippen molar-refractivity contribution in [1.82, 2.24) is 25.5 Å². The Kier molecular flexibility index (Phi) is 4.21. The first-order valence-electron chi connectivity index (χ1n) is 8.99. The number of amides is 4. The van der Waals surface area contributed by atoms with E-state index in [4.69, 9.17) is 0 Å². The van der Waals surface area contributed by atoms with Gasteiger partial charge in [0.25, 0.3) is 11.5 Å². The standard InChI is InChI=1S/C17H21N5O4/c23-14(4-3-11-16(25)21-17(26)19-11)22-6-5-10-12(8-22)18-13(20-15(10)24)7-9-1-2-9/h9,11H,1-8H2,(H,18,20,24)(H2,19,21,25,26)/t11-/m1/s1. The molecule has 0 bridgehead atoms. The lowest BCUT2D eigenvalue weighted by atomic mass is 10.0. The van der Waals surface area contributed by atoms with Crippen LogP contribution in [0.15, 0.2) is 4.79 Å². The van der Waals surface area contributed by atoms with Crippen LogP contribution in [0.5, 0.6) is 0 Å². The molecule has 138 valence electrons. The lowest BCUT2D eigenvalue weighted by Crippen LogP contribution is -2.40. The maximum Gasteiger partial charge on any atom is 0.322 e. The highest BCUT2D eigenvalue weighted by Gasteiger charge is 2.31. The van der Waals surface area contributed by atoms with Crippen LogP contribution in [0, 0.1) is 5.92 Å². The van der Waals surface area contributed by atoms with E-state index in [-0.39, 0.29) is 24.3 Å². The van der Waals surface area contributed by atoms with Crippen molar-refractivity contribution in [2.45, 2.75) is 51.1 Å². The van der Waals surface area contributed by atoms with Crippen LogP contribution < -0.4 is 16.2 Å². The van der Waals surface area contributed by atoms with Gasteiger partial charge in [0, 0.05) is 24.9 Å². The van der Waals surface area contributed by atoms with Crippen molar-refractivity contribution >= 4 is 17.8 Å². The van der Waals surface area contributed by atoms with Crippen LogP contribution in [0.3, 0.4) is 0 Å². The third kappa shape index (κ3) is 3.47. The molecule has 1 atom stereocenters. The molecule has 4 rings (SSSR count). The zero-order valence-electron chi connectivity index (χ0n) is 14.3. The minimum atomic E-state index is -0.658. The number of fused-ring (bicyclic) bond motifs is 1. The molecule has 1 aromatic rings. The lowest BCUT2D eigenvalue weighted by Gasteiger charge is -2.28. The Balaban J connectivity index is 1.39. The molecule has 1 aliphatic carbocycles. The number of hydrogen-bond acceptors (Lipinski definition) is 5. The SMILES string of the molecule is O=C1NC(=O)[C@@H](CCC(=O)N2CCc3c(nc(CC4CC4)[nH]c3=O)C2)N1. The first-order chi connectivity index (χ1) is 12.5. The van der Waals surface area contributed by atoms with Gasteiger partial charge in [0.2, 0.25) is 5.91 Å². The summed E-state index contributed by atoms with van der Waals surface area (Å²) in [6.45, 7) is 0.779. The van der Waals surface area contributed by atoms with E-state index in [1.165, 1.54) is 12.8 Å². The van der Waals surface area contributed by atoms with Crippen LogP contribution in [0.1, 0.15) is 42.8 Å². The summed E-state index contributed by atoms with van der Waals surface area (Å²) < 4.78 is 0. The predicted molar refractivity (Wildman–Crippen MR) is 90.1 cm³/mol. The van der Waals surface area contributed by atoms with Gasteiger partial charge >= 0.3 is 6.03 Å². The van der Waals surface area contributed by atoms with E-state index in [1.54, 1.807) is 4.90 Å². The van der Waals surface area contributed by atoms with Gasteiger partial charge in [-0.05, 0) is 31.6 Å². The summed E-state index contributed by atoms with van der Waals surface area (Å²) in [5.41, 5.74) is 1.25. The quantitative estimate of drug-likeness (QED) is 0.617. The largest absolute Gasteiger partial charge is 0.336 e. The average Bonchev–Trinajstić information content (AvgIpc) is 3.35. The number of carbonyl (C=O) groups is 3. The fourth-order valence-electron chi connectivity index (χ4n) is 3.48. The Morgan fingerprint density at radius 1 is 1.23 bits per heavy atom. The van der Waals surface area contributed by atoms with Gasteiger partial charge in [-0.2, -0.15) is 0 Å². The number of carbonyl (C=O) groups excluding carboxylic acids is 3. The van der Waals surface area contributed by atoms with Crippen LogP contribution in [0.25, 0.3) is 0 Å². The molecule has 1 aromatic heterocycles. The molecule has 9 heteroatoms. The Morgan fingerprint density at radius 2 is 2.04 bits per heavy atom. The summed E-state index contributed by atoms with van der Waals surface area (Å²) in [5, 5.41) is 4.64. The second-order valence-electron chi connectivity index (χ2n) is 7.20. The number of hydrogen-bond donors (Lipinski definition) is 3. The van der Waals surface area contributed by atoms with Gasteiger partial charge in [-0.1, -0.05) is 0 Å². The minimum Gasteiger partial charge on any atom is -0.336 e. The van der Waals surface area contributed by atoms with E-state index in [1.807, 2.05) is 0 Å². The number of nitrogens with one attached hydrogen (secondary N) is 3. The van der Waals surface area contributed by atoms with Crippen LogP contribution >= 0.6 is 0 Å². The molecule has 2 aliphatic heterocycles. The number of rotatable bonds is 5. The molecule has 9 nitrogen and oxygen atoms in total. The lowest BCUT2D eigenvalue weighted by molar-refractivity contribution is -0.132. The molecule has 1 saturated heterocycles. The smallest absolute Gasteiger partial charge is 0.322 e. The van der Waals surface area contributed by atoms with Crippen molar-refractivity contribution in [3.8, 4) is 0 Å². The summed E-state index contributed by atoms with van der Waals surface area (Å²) >= 11 is 0. The van der Waals surface area contributed by atoms with E-state index >= 15 is 0 Å². The van der Waals surface area contributed by atoms with Crippen LogP contribution in [0.2, 0.25) is 0 Å². The summed E-state index contributed by atoms with van der Waals surface area (Å²) in [6.07, 6.45) is 4.04. The zero-order valence-corrected chi connectivity index (χ0v) is 14.3. The van der Waals surface area contributed by atoms with Crippen molar-refractivity contribution < 1.29 is 14.4 Å². The predicted octanol–water partition coefficient (Wildman–Crippen LogP) is -0.405. The molecule has 0 radical (unpaired) electrons. The van der Waals surface area contributed by atoms with Gasteiger partial charge in [0.1, 0.15) is 11.9 Å². The first kappa shape index (κ1) is 16.7. The molecule has 3 aliphatic rings. The monoisotopic (exact) mass is 359 g/mol. The Labute approximate surface area is 149 Å². The van der Waals surface area contributed by atoms with Gasteiger partial charge in [0.15, 0.2) is 0 Å².